The molecule has 2 aliphatic rings. The van der Waals surface area contributed by atoms with Crippen molar-refractivity contribution >= 4 is 38.8 Å². The molecule has 2 aliphatic heterocycles. The van der Waals surface area contributed by atoms with E-state index in [9.17, 15) is 4.79 Å². The van der Waals surface area contributed by atoms with Crippen LogP contribution < -0.4 is 10.2 Å². The minimum Gasteiger partial charge on any atom is -0.378 e. The van der Waals surface area contributed by atoms with Crippen molar-refractivity contribution in [1.82, 2.24) is 9.88 Å². The Balaban J connectivity index is 1.20. The Bertz CT molecular complexity index is 1030. The number of nitrogens with zero attached hydrogens (tertiary/aromatic N) is 3. The first kappa shape index (κ1) is 21.4. The van der Waals surface area contributed by atoms with Gasteiger partial charge in [-0.1, -0.05) is 12.1 Å². The van der Waals surface area contributed by atoms with Gasteiger partial charge in [-0.3, -0.25) is 9.69 Å². The van der Waals surface area contributed by atoms with Gasteiger partial charge in [-0.15, -0.1) is 11.3 Å². The number of amides is 1. The van der Waals surface area contributed by atoms with Gasteiger partial charge in [-0.2, -0.15) is 0 Å². The van der Waals surface area contributed by atoms with Crippen molar-refractivity contribution in [3.8, 4) is 0 Å². The first-order chi connectivity index (χ1) is 15.7. The topological polar surface area (TPSA) is 57.7 Å². The van der Waals surface area contributed by atoms with Crippen molar-refractivity contribution in [2.24, 2.45) is 0 Å². The summed E-state index contributed by atoms with van der Waals surface area (Å²) in [4.78, 5) is 22.5. The quantitative estimate of drug-likeness (QED) is 0.627. The van der Waals surface area contributed by atoms with E-state index in [2.05, 4.69) is 45.4 Å². The van der Waals surface area contributed by atoms with Crippen LogP contribution in [0.1, 0.15) is 30.7 Å². The van der Waals surface area contributed by atoms with Crippen LogP contribution in [-0.2, 0) is 9.53 Å². The molecule has 1 aromatic heterocycles. The number of benzene rings is 2. The lowest BCUT2D eigenvalue weighted by molar-refractivity contribution is -0.121. The number of thiazole rings is 1. The van der Waals surface area contributed by atoms with Crippen LogP contribution in [0.25, 0.3) is 10.2 Å². The minimum atomic E-state index is -0.175. The Kier molecular flexibility index (Phi) is 6.39. The van der Waals surface area contributed by atoms with Gasteiger partial charge in [0.05, 0.1) is 34.5 Å². The zero-order chi connectivity index (χ0) is 21.9. The number of nitrogens with one attached hydrogen (secondary N) is 1. The maximum atomic E-state index is 13.0. The van der Waals surface area contributed by atoms with E-state index in [0.29, 0.717) is 5.92 Å². The summed E-state index contributed by atoms with van der Waals surface area (Å²) in [7, 11) is 0. The number of piperidine rings is 1. The van der Waals surface area contributed by atoms with Crippen molar-refractivity contribution in [3.63, 3.8) is 0 Å². The van der Waals surface area contributed by atoms with Gasteiger partial charge in [0.25, 0.3) is 0 Å². The number of hydrogen-bond donors (Lipinski definition) is 1. The van der Waals surface area contributed by atoms with E-state index in [1.54, 1.807) is 11.3 Å². The maximum Gasteiger partial charge on any atom is 0.241 e. The Morgan fingerprint density at radius 2 is 1.91 bits per heavy atom. The third-order valence-corrected chi connectivity index (χ3v) is 7.75. The number of aromatic nitrogens is 1. The van der Waals surface area contributed by atoms with Gasteiger partial charge in [0.2, 0.25) is 5.91 Å². The first-order valence-electron chi connectivity index (χ1n) is 11.5. The zero-order valence-electron chi connectivity index (χ0n) is 18.5. The molecule has 3 aromatic rings. The number of carbonyl (C=O) groups excluding carboxylic acids is 1. The van der Waals surface area contributed by atoms with Crippen LogP contribution in [0.5, 0.6) is 0 Å². The molecular weight excluding hydrogens is 420 g/mol. The van der Waals surface area contributed by atoms with Crippen LogP contribution >= 0.6 is 11.3 Å². The molecule has 1 N–H and O–H groups in total. The average molecular weight is 451 g/mol. The number of carbonyl (C=O) groups is 1. The zero-order valence-corrected chi connectivity index (χ0v) is 19.3. The fourth-order valence-electron chi connectivity index (χ4n) is 4.61. The highest BCUT2D eigenvalue weighted by Crippen LogP contribution is 2.33. The van der Waals surface area contributed by atoms with Crippen molar-refractivity contribution < 1.29 is 9.53 Å². The molecular formula is C25H30N4O2S. The highest BCUT2D eigenvalue weighted by molar-refractivity contribution is 7.18. The lowest BCUT2D eigenvalue weighted by Crippen LogP contribution is -2.46. The molecule has 0 saturated carbocycles. The van der Waals surface area contributed by atoms with Crippen molar-refractivity contribution in [3.05, 3.63) is 53.5 Å². The van der Waals surface area contributed by atoms with Gasteiger partial charge in [-0.05, 0) is 62.7 Å². The van der Waals surface area contributed by atoms with Crippen molar-refractivity contribution in [2.75, 3.05) is 49.6 Å². The number of anilines is 2. The number of para-hydroxylation sites is 1. The smallest absolute Gasteiger partial charge is 0.241 e. The second kappa shape index (κ2) is 9.57. The Morgan fingerprint density at radius 1 is 1.12 bits per heavy atom. The largest absolute Gasteiger partial charge is 0.378 e. The lowest BCUT2D eigenvalue weighted by Gasteiger charge is -2.35. The van der Waals surface area contributed by atoms with Gasteiger partial charge in [0.15, 0.2) is 0 Å². The summed E-state index contributed by atoms with van der Waals surface area (Å²) in [5.74, 6) is 0.443. The maximum absolute atomic E-state index is 13.0. The second-order valence-corrected chi connectivity index (χ2v) is 9.73. The molecule has 0 spiro atoms. The normalized spacial score (nSPS) is 20.9. The molecule has 1 amide bonds. The van der Waals surface area contributed by atoms with Gasteiger partial charge < -0.3 is 15.0 Å². The van der Waals surface area contributed by atoms with Gasteiger partial charge in [-0.25, -0.2) is 4.98 Å². The highest BCUT2D eigenvalue weighted by atomic mass is 32.1. The molecule has 2 fully saturated rings. The van der Waals surface area contributed by atoms with E-state index < -0.39 is 0 Å². The number of likely N-dealkylation sites (tertiary alicyclic amines) is 1. The van der Waals surface area contributed by atoms with Crippen molar-refractivity contribution in [1.29, 1.82) is 0 Å². The fourth-order valence-corrected chi connectivity index (χ4v) is 5.71. The summed E-state index contributed by atoms with van der Waals surface area (Å²) in [6.07, 6.45) is 2.22. The van der Waals surface area contributed by atoms with E-state index in [1.807, 2.05) is 25.1 Å². The Labute approximate surface area is 193 Å². The van der Waals surface area contributed by atoms with Crippen LogP contribution in [0, 0.1) is 0 Å². The summed E-state index contributed by atoms with van der Waals surface area (Å²) < 4.78 is 6.67. The van der Waals surface area contributed by atoms with E-state index in [1.165, 1.54) is 15.4 Å². The molecule has 0 unspecified atom stereocenters. The first-order valence-corrected chi connectivity index (χ1v) is 12.3. The molecule has 5 rings (SSSR count). The summed E-state index contributed by atoms with van der Waals surface area (Å²) >= 11 is 1.79. The lowest BCUT2D eigenvalue weighted by atomic mass is 9.97. The number of morpholine rings is 1. The molecule has 2 aromatic carbocycles. The second-order valence-electron chi connectivity index (χ2n) is 8.67. The monoisotopic (exact) mass is 450 g/mol. The number of ether oxygens (including phenoxy) is 1. The molecule has 3 heterocycles. The van der Waals surface area contributed by atoms with Crippen LogP contribution in [0.3, 0.4) is 0 Å². The van der Waals surface area contributed by atoms with E-state index in [4.69, 9.17) is 9.72 Å². The molecule has 0 radical (unpaired) electrons. The molecule has 7 heteroatoms. The molecule has 0 bridgehead atoms. The van der Waals surface area contributed by atoms with Gasteiger partial charge in [0.1, 0.15) is 0 Å². The summed E-state index contributed by atoms with van der Waals surface area (Å²) in [5, 5.41) is 4.30. The molecule has 32 heavy (non-hydrogen) atoms. The van der Waals surface area contributed by atoms with E-state index in [-0.39, 0.29) is 11.9 Å². The van der Waals surface area contributed by atoms with Crippen LogP contribution in [0.2, 0.25) is 0 Å². The fraction of sp³-hybridized carbons (Fsp3) is 0.440. The van der Waals surface area contributed by atoms with Gasteiger partial charge >= 0.3 is 0 Å². The predicted molar refractivity (Wildman–Crippen MR) is 131 cm³/mol. The Morgan fingerprint density at radius 3 is 2.69 bits per heavy atom. The molecule has 6 nitrogen and oxygen atoms in total. The predicted octanol–water partition coefficient (Wildman–Crippen LogP) is 4.34. The third kappa shape index (κ3) is 4.65. The number of hydrogen-bond acceptors (Lipinski definition) is 6. The summed E-state index contributed by atoms with van der Waals surface area (Å²) in [6.45, 7) is 7.20. The summed E-state index contributed by atoms with van der Waals surface area (Å²) in [5.41, 5.74) is 3.10. The van der Waals surface area contributed by atoms with Crippen LogP contribution in [0.15, 0.2) is 48.5 Å². The van der Waals surface area contributed by atoms with Gasteiger partial charge in [0, 0.05) is 36.9 Å². The van der Waals surface area contributed by atoms with Crippen LogP contribution in [0.4, 0.5) is 11.4 Å². The highest BCUT2D eigenvalue weighted by Gasteiger charge is 2.29. The SMILES string of the molecule is C[C@H](C(=O)Nc1ccc(N2CCOCC2)cc1)N1CCC[C@H](c2nc3ccccc3s2)C1. The molecule has 168 valence electrons. The number of fused-ring (bicyclic) bond motifs is 1. The minimum absolute atomic E-state index is 0.0501. The van der Waals surface area contributed by atoms with Crippen molar-refractivity contribution in [2.45, 2.75) is 31.7 Å². The standard InChI is InChI=1S/C25H30N4O2S/c1-18(24(30)26-20-8-10-21(11-9-20)28-13-15-31-16-14-28)29-12-4-5-19(17-29)25-27-22-6-2-3-7-23(22)32-25/h2-3,6-11,18-19H,4-5,12-17H2,1H3,(H,26,30)/t18-,19+/m1/s1. The molecule has 2 atom stereocenters. The average Bonchev–Trinajstić information content (AvgIpc) is 3.29. The number of rotatable bonds is 5. The molecule has 0 aliphatic carbocycles. The summed E-state index contributed by atoms with van der Waals surface area (Å²) in [6, 6.07) is 16.3. The van der Waals surface area contributed by atoms with E-state index in [0.717, 1.165) is 63.4 Å². The third-order valence-electron chi connectivity index (χ3n) is 6.55. The molecule has 2 saturated heterocycles. The van der Waals surface area contributed by atoms with Crippen LogP contribution in [-0.4, -0.2) is 61.2 Å². The van der Waals surface area contributed by atoms with E-state index >= 15 is 0 Å². The Hall–Kier alpha value is -2.48.